The highest BCUT2D eigenvalue weighted by Crippen LogP contribution is 2.51. The first-order valence-electron chi connectivity index (χ1n) is 8.66. The van der Waals surface area contributed by atoms with Crippen LogP contribution in [0.15, 0.2) is 29.2 Å². The number of likely N-dealkylation sites (tertiary alicyclic amines) is 1. The van der Waals surface area contributed by atoms with E-state index in [1.54, 1.807) is 45.0 Å². The van der Waals surface area contributed by atoms with Gasteiger partial charge in [0.05, 0.1) is 5.69 Å². The Kier molecular flexibility index (Phi) is 4.75. The van der Waals surface area contributed by atoms with Crippen LogP contribution in [0.3, 0.4) is 0 Å². The zero-order valence-electron chi connectivity index (χ0n) is 15.5. The number of rotatable bonds is 2. The number of hydrogen-bond acceptors (Lipinski definition) is 5. The number of primary amides is 1. The van der Waals surface area contributed by atoms with Crippen LogP contribution in [-0.4, -0.2) is 51.2 Å². The molecule has 1 saturated heterocycles. The maximum Gasteiger partial charge on any atom is 0.411 e. The van der Waals surface area contributed by atoms with Gasteiger partial charge in [0.1, 0.15) is 11.0 Å². The van der Waals surface area contributed by atoms with E-state index in [-0.39, 0.29) is 13.0 Å². The quantitative estimate of drug-likeness (QED) is 0.799. The summed E-state index contributed by atoms with van der Waals surface area (Å²) in [4.78, 5) is 40.7. The zero-order valence-corrected chi connectivity index (χ0v) is 16.3. The largest absolute Gasteiger partial charge is 0.479 e. The Labute approximate surface area is 161 Å². The summed E-state index contributed by atoms with van der Waals surface area (Å²) in [6, 6.07) is 6.33. The fourth-order valence-electron chi connectivity index (χ4n) is 3.60. The molecule has 1 aromatic rings. The molecule has 8 nitrogen and oxygen atoms in total. The van der Waals surface area contributed by atoms with Crippen molar-refractivity contribution in [3.63, 3.8) is 0 Å². The molecule has 1 fully saturated rings. The first-order chi connectivity index (χ1) is 12.6. The van der Waals surface area contributed by atoms with Gasteiger partial charge in [-0.05, 0) is 45.7 Å². The second-order valence-corrected chi connectivity index (χ2v) is 8.73. The summed E-state index contributed by atoms with van der Waals surface area (Å²) in [7, 11) is 0. The number of thioether (sulfide) groups is 1. The first-order valence-corrected chi connectivity index (χ1v) is 9.54. The standard InChI is InChI=1S/C18H23N3O5S/c1-17(2,3)26-16(25)20-10-6-9-18(20,14(22)23)13-21(15(19)24)11-7-4-5-8-12(11)27-13/h4-5,7-8,13H,6,9-10H2,1-3H3,(H2,19,24)(H,22,23)/t13?,18-/m1/s1. The van der Waals surface area contributed by atoms with E-state index in [1.807, 2.05) is 0 Å². The van der Waals surface area contributed by atoms with Crippen molar-refractivity contribution < 1.29 is 24.2 Å². The van der Waals surface area contributed by atoms with Gasteiger partial charge in [-0.3, -0.25) is 9.80 Å². The van der Waals surface area contributed by atoms with Gasteiger partial charge < -0.3 is 15.6 Å². The van der Waals surface area contributed by atoms with Crippen molar-refractivity contribution in [1.82, 2.24) is 4.90 Å². The van der Waals surface area contributed by atoms with Crippen molar-refractivity contribution in [2.24, 2.45) is 5.73 Å². The Balaban J connectivity index is 2.06. The average Bonchev–Trinajstić information content (AvgIpc) is 3.15. The maximum absolute atomic E-state index is 12.8. The van der Waals surface area contributed by atoms with E-state index in [4.69, 9.17) is 10.5 Å². The molecular weight excluding hydrogens is 370 g/mol. The molecule has 2 aliphatic rings. The predicted molar refractivity (Wildman–Crippen MR) is 101 cm³/mol. The molecule has 0 aliphatic carbocycles. The number of benzene rings is 1. The number of carbonyl (C=O) groups is 3. The van der Waals surface area contributed by atoms with Gasteiger partial charge in [0.2, 0.25) is 0 Å². The first kappa shape index (κ1) is 19.3. The third kappa shape index (κ3) is 3.20. The highest BCUT2D eigenvalue weighted by atomic mass is 32.2. The third-order valence-corrected chi connectivity index (χ3v) is 6.07. The molecule has 1 aromatic carbocycles. The van der Waals surface area contributed by atoms with Gasteiger partial charge >= 0.3 is 18.1 Å². The number of aliphatic carboxylic acids is 1. The Morgan fingerprint density at radius 1 is 1.30 bits per heavy atom. The van der Waals surface area contributed by atoms with Crippen LogP contribution in [-0.2, 0) is 9.53 Å². The molecular formula is C18H23N3O5S. The fraction of sp³-hybridized carbons (Fsp3) is 0.500. The number of fused-ring (bicyclic) bond motifs is 1. The van der Waals surface area contributed by atoms with Gasteiger partial charge in [0.15, 0.2) is 5.54 Å². The molecule has 2 atom stereocenters. The van der Waals surface area contributed by atoms with Crippen LogP contribution in [0.25, 0.3) is 0 Å². The molecule has 27 heavy (non-hydrogen) atoms. The van der Waals surface area contributed by atoms with Crippen LogP contribution < -0.4 is 10.6 Å². The SMILES string of the molecule is CC(C)(C)OC(=O)N1CCC[C@]1(C(=O)O)C1Sc2ccccc2N1C(N)=O. The summed E-state index contributed by atoms with van der Waals surface area (Å²) >= 11 is 1.23. The van der Waals surface area contributed by atoms with E-state index >= 15 is 0 Å². The van der Waals surface area contributed by atoms with Crippen LogP contribution in [0.1, 0.15) is 33.6 Å². The van der Waals surface area contributed by atoms with Gasteiger partial charge in [0.25, 0.3) is 0 Å². The van der Waals surface area contributed by atoms with Crippen LogP contribution in [0.5, 0.6) is 0 Å². The number of ether oxygens (including phenoxy) is 1. The Morgan fingerprint density at radius 3 is 2.56 bits per heavy atom. The number of carbonyl (C=O) groups excluding carboxylic acids is 2. The summed E-state index contributed by atoms with van der Waals surface area (Å²) in [6.45, 7) is 5.40. The normalized spacial score (nSPS) is 24.6. The van der Waals surface area contributed by atoms with Gasteiger partial charge in [-0.1, -0.05) is 23.9 Å². The Morgan fingerprint density at radius 2 is 1.96 bits per heavy atom. The summed E-state index contributed by atoms with van der Waals surface area (Å²) in [5.41, 5.74) is 3.76. The topological polar surface area (TPSA) is 113 Å². The average molecular weight is 393 g/mol. The number of urea groups is 1. The minimum atomic E-state index is -1.62. The minimum Gasteiger partial charge on any atom is -0.479 e. The molecule has 0 aromatic heterocycles. The number of para-hydroxylation sites is 1. The van der Waals surface area contributed by atoms with E-state index in [1.165, 1.54) is 21.6 Å². The second kappa shape index (κ2) is 6.63. The predicted octanol–water partition coefficient (Wildman–Crippen LogP) is 2.86. The van der Waals surface area contributed by atoms with Gasteiger partial charge in [-0.15, -0.1) is 0 Å². The van der Waals surface area contributed by atoms with E-state index in [0.717, 1.165) is 4.90 Å². The van der Waals surface area contributed by atoms with E-state index < -0.39 is 34.6 Å². The second-order valence-electron chi connectivity index (χ2n) is 7.61. The number of nitrogens with two attached hydrogens (primary N) is 1. The lowest BCUT2D eigenvalue weighted by Gasteiger charge is -2.41. The molecule has 0 radical (unpaired) electrons. The van der Waals surface area contributed by atoms with E-state index in [9.17, 15) is 19.5 Å². The van der Waals surface area contributed by atoms with Gasteiger partial charge in [-0.2, -0.15) is 0 Å². The maximum atomic E-state index is 12.8. The fourth-order valence-corrected chi connectivity index (χ4v) is 5.15. The van der Waals surface area contributed by atoms with Crippen molar-refractivity contribution >= 4 is 35.5 Å². The van der Waals surface area contributed by atoms with E-state index in [0.29, 0.717) is 12.1 Å². The Hall–Kier alpha value is -2.42. The number of anilines is 1. The summed E-state index contributed by atoms with van der Waals surface area (Å²) in [5.74, 6) is -1.18. The molecule has 2 heterocycles. The number of nitrogens with zero attached hydrogens (tertiary/aromatic N) is 2. The van der Waals surface area contributed by atoms with Crippen molar-refractivity contribution in [2.45, 2.75) is 55.0 Å². The molecule has 3 N–H and O–H groups in total. The van der Waals surface area contributed by atoms with Crippen LogP contribution >= 0.6 is 11.8 Å². The smallest absolute Gasteiger partial charge is 0.411 e. The Bertz CT molecular complexity index is 793. The summed E-state index contributed by atoms with van der Waals surface area (Å²) in [5, 5.41) is 9.30. The molecule has 0 saturated carbocycles. The lowest BCUT2D eigenvalue weighted by atomic mass is 9.94. The number of carboxylic acids is 1. The molecule has 0 bridgehead atoms. The van der Waals surface area contributed by atoms with Crippen LogP contribution in [0.2, 0.25) is 0 Å². The molecule has 3 rings (SSSR count). The van der Waals surface area contributed by atoms with Crippen LogP contribution in [0.4, 0.5) is 15.3 Å². The highest BCUT2D eigenvalue weighted by molar-refractivity contribution is 8.00. The molecule has 1 unspecified atom stereocenters. The monoisotopic (exact) mass is 393 g/mol. The van der Waals surface area contributed by atoms with Crippen molar-refractivity contribution in [3.8, 4) is 0 Å². The minimum absolute atomic E-state index is 0.205. The summed E-state index contributed by atoms with van der Waals surface area (Å²) in [6.07, 6.45) is -0.00822. The lowest BCUT2D eigenvalue weighted by molar-refractivity contribution is -0.149. The number of carboxylic acid groups (broad SMARTS) is 1. The lowest BCUT2D eigenvalue weighted by Crippen LogP contribution is -2.65. The molecule has 3 amide bonds. The molecule has 0 spiro atoms. The van der Waals surface area contributed by atoms with Crippen molar-refractivity contribution in [1.29, 1.82) is 0 Å². The number of amides is 3. The van der Waals surface area contributed by atoms with E-state index in [2.05, 4.69) is 0 Å². The highest BCUT2D eigenvalue weighted by Gasteiger charge is 2.61. The molecule has 9 heteroatoms. The summed E-state index contributed by atoms with van der Waals surface area (Å²) < 4.78 is 5.44. The van der Waals surface area contributed by atoms with Gasteiger partial charge in [0, 0.05) is 11.4 Å². The third-order valence-electron chi connectivity index (χ3n) is 4.65. The van der Waals surface area contributed by atoms with Crippen molar-refractivity contribution in [3.05, 3.63) is 24.3 Å². The molecule has 2 aliphatic heterocycles. The zero-order chi connectivity index (χ0) is 20.0. The van der Waals surface area contributed by atoms with Crippen LogP contribution in [0, 0.1) is 0 Å². The van der Waals surface area contributed by atoms with Crippen molar-refractivity contribution in [2.75, 3.05) is 11.4 Å². The molecule has 146 valence electrons. The van der Waals surface area contributed by atoms with Gasteiger partial charge in [-0.25, -0.2) is 14.4 Å². The number of hydrogen-bond donors (Lipinski definition) is 2.